The minimum atomic E-state index is -2.87. The van der Waals surface area contributed by atoms with Crippen molar-refractivity contribution >= 4 is 27.3 Å². The van der Waals surface area contributed by atoms with Crippen LogP contribution in [0.25, 0.3) is 0 Å². The normalized spacial score (nSPS) is 23.6. The summed E-state index contributed by atoms with van der Waals surface area (Å²) in [5.41, 5.74) is 0.896. The summed E-state index contributed by atoms with van der Waals surface area (Å²) in [6.45, 7) is 4.54. The van der Waals surface area contributed by atoms with Gasteiger partial charge in [0.25, 0.3) is 5.91 Å². The van der Waals surface area contributed by atoms with Crippen molar-refractivity contribution in [1.82, 2.24) is 9.80 Å². The standard InChI is InChI=1S/C17H23ClN2O4S/c1-13-10-14(18)2-3-16(13)24-11-17(21)20-7-5-19(6-8-20)15-4-9-25(22,23)12-15/h2-3,10,15H,4-9,11-12H2,1H3/t15-/m0/s1. The number of piperazine rings is 1. The van der Waals surface area contributed by atoms with Gasteiger partial charge in [-0.1, -0.05) is 11.6 Å². The van der Waals surface area contributed by atoms with E-state index in [2.05, 4.69) is 4.90 Å². The molecule has 2 aliphatic rings. The molecule has 0 unspecified atom stereocenters. The number of aryl methyl sites for hydroxylation is 1. The van der Waals surface area contributed by atoms with Crippen LogP contribution in [-0.2, 0) is 14.6 Å². The maximum absolute atomic E-state index is 12.3. The number of sulfone groups is 1. The van der Waals surface area contributed by atoms with E-state index in [1.807, 2.05) is 6.92 Å². The molecule has 2 aliphatic heterocycles. The molecule has 0 bridgehead atoms. The lowest BCUT2D eigenvalue weighted by Gasteiger charge is -2.37. The van der Waals surface area contributed by atoms with E-state index < -0.39 is 9.84 Å². The number of halogens is 1. The predicted octanol–water partition coefficient (Wildman–Crippen LogP) is 1.36. The molecule has 0 spiro atoms. The highest BCUT2D eigenvalue weighted by Gasteiger charge is 2.34. The molecule has 1 atom stereocenters. The number of hydrogen-bond donors (Lipinski definition) is 0. The topological polar surface area (TPSA) is 66.9 Å². The minimum Gasteiger partial charge on any atom is -0.483 e. The molecule has 0 N–H and O–H groups in total. The summed E-state index contributed by atoms with van der Waals surface area (Å²) in [7, 11) is -2.87. The molecule has 0 aliphatic carbocycles. The predicted molar refractivity (Wildman–Crippen MR) is 96.9 cm³/mol. The van der Waals surface area contributed by atoms with E-state index in [1.165, 1.54) is 0 Å². The van der Waals surface area contributed by atoms with Gasteiger partial charge >= 0.3 is 0 Å². The Bertz CT molecular complexity index is 745. The molecule has 8 heteroatoms. The molecule has 138 valence electrons. The third-order valence-electron chi connectivity index (χ3n) is 4.88. The van der Waals surface area contributed by atoms with Crippen molar-refractivity contribution in [3.8, 4) is 5.75 Å². The third kappa shape index (κ3) is 4.65. The van der Waals surface area contributed by atoms with Crippen LogP contribution in [0.5, 0.6) is 5.75 Å². The largest absolute Gasteiger partial charge is 0.483 e. The Morgan fingerprint density at radius 1 is 1.28 bits per heavy atom. The van der Waals surface area contributed by atoms with Gasteiger partial charge < -0.3 is 9.64 Å². The smallest absolute Gasteiger partial charge is 0.260 e. The van der Waals surface area contributed by atoms with Gasteiger partial charge in [-0.25, -0.2) is 8.42 Å². The lowest BCUT2D eigenvalue weighted by Crippen LogP contribution is -2.53. The highest BCUT2D eigenvalue weighted by molar-refractivity contribution is 7.91. The second-order valence-electron chi connectivity index (χ2n) is 6.67. The van der Waals surface area contributed by atoms with Crippen LogP contribution in [0, 0.1) is 6.92 Å². The molecule has 1 aromatic rings. The molecular formula is C17H23ClN2O4S. The first-order valence-electron chi connectivity index (χ1n) is 8.45. The molecule has 2 fully saturated rings. The second-order valence-corrected chi connectivity index (χ2v) is 9.34. The molecule has 0 radical (unpaired) electrons. The third-order valence-corrected chi connectivity index (χ3v) is 6.87. The first kappa shape index (κ1) is 18.5. The van der Waals surface area contributed by atoms with Crippen molar-refractivity contribution in [1.29, 1.82) is 0 Å². The molecule has 1 aromatic carbocycles. The maximum atomic E-state index is 12.3. The monoisotopic (exact) mass is 386 g/mol. The Labute approximate surface area is 153 Å². The molecule has 2 saturated heterocycles. The van der Waals surface area contributed by atoms with Crippen molar-refractivity contribution in [2.75, 3.05) is 44.3 Å². The molecule has 0 saturated carbocycles. The van der Waals surface area contributed by atoms with Gasteiger partial charge in [0.15, 0.2) is 16.4 Å². The van der Waals surface area contributed by atoms with Gasteiger partial charge in [0.2, 0.25) is 0 Å². The van der Waals surface area contributed by atoms with E-state index in [9.17, 15) is 13.2 Å². The fraction of sp³-hybridized carbons (Fsp3) is 0.588. The summed E-state index contributed by atoms with van der Waals surface area (Å²) >= 11 is 5.91. The van der Waals surface area contributed by atoms with E-state index in [4.69, 9.17) is 16.3 Å². The Balaban J connectivity index is 1.47. The van der Waals surface area contributed by atoms with E-state index in [-0.39, 0.29) is 30.1 Å². The van der Waals surface area contributed by atoms with Crippen LogP contribution < -0.4 is 4.74 Å². The Morgan fingerprint density at radius 3 is 2.60 bits per heavy atom. The van der Waals surface area contributed by atoms with Crippen molar-refractivity contribution in [3.05, 3.63) is 28.8 Å². The first-order chi connectivity index (χ1) is 11.8. The van der Waals surface area contributed by atoms with Gasteiger partial charge in [0, 0.05) is 37.2 Å². The van der Waals surface area contributed by atoms with Gasteiger partial charge in [-0.3, -0.25) is 9.69 Å². The number of nitrogens with zero attached hydrogens (tertiary/aromatic N) is 2. The highest BCUT2D eigenvalue weighted by Crippen LogP contribution is 2.22. The number of hydrogen-bond acceptors (Lipinski definition) is 5. The fourth-order valence-electron chi connectivity index (χ4n) is 3.41. The number of rotatable bonds is 4. The molecule has 25 heavy (non-hydrogen) atoms. The Hall–Kier alpha value is -1.31. The Morgan fingerprint density at radius 2 is 2.00 bits per heavy atom. The van der Waals surface area contributed by atoms with E-state index in [0.29, 0.717) is 43.4 Å². The minimum absolute atomic E-state index is 0.000278. The number of ether oxygens (including phenoxy) is 1. The van der Waals surface area contributed by atoms with Crippen LogP contribution in [0.2, 0.25) is 5.02 Å². The summed E-state index contributed by atoms with van der Waals surface area (Å²) in [6.07, 6.45) is 0.704. The molecule has 2 heterocycles. The van der Waals surface area contributed by atoms with E-state index in [0.717, 1.165) is 5.56 Å². The maximum Gasteiger partial charge on any atom is 0.260 e. The van der Waals surface area contributed by atoms with Gasteiger partial charge in [0.05, 0.1) is 11.5 Å². The average Bonchev–Trinajstić information content (AvgIpc) is 2.94. The average molecular weight is 387 g/mol. The molecule has 6 nitrogen and oxygen atoms in total. The number of amides is 1. The number of carbonyl (C=O) groups excluding carboxylic acids is 1. The molecular weight excluding hydrogens is 364 g/mol. The van der Waals surface area contributed by atoms with Crippen LogP contribution in [0.1, 0.15) is 12.0 Å². The number of carbonyl (C=O) groups is 1. The second kappa shape index (κ2) is 7.51. The van der Waals surface area contributed by atoms with Gasteiger partial charge in [0.1, 0.15) is 5.75 Å². The van der Waals surface area contributed by atoms with Crippen molar-refractivity contribution < 1.29 is 17.9 Å². The van der Waals surface area contributed by atoms with Crippen LogP contribution in [0.15, 0.2) is 18.2 Å². The summed E-state index contributed by atoms with van der Waals surface area (Å²) in [5, 5.41) is 0.640. The first-order valence-corrected chi connectivity index (χ1v) is 10.7. The molecule has 1 amide bonds. The molecule has 0 aromatic heterocycles. The lowest BCUT2D eigenvalue weighted by atomic mass is 10.2. The quantitative estimate of drug-likeness (QED) is 0.781. The van der Waals surface area contributed by atoms with Crippen molar-refractivity contribution in [2.45, 2.75) is 19.4 Å². The fourth-order valence-corrected chi connectivity index (χ4v) is 5.39. The zero-order valence-corrected chi connectivity index (χ0v) is 15.9. The van der Waals surface area contributed by atoms with E-state index in [1.54, 1.807) is 23.1 Å². The van der Waals surface area contributed by atoms with Crippen molar-refractivity contribution in [2.24, 2.45) is 0 Å². The summed E-state index contributed by atoms with van der Waals surface area (Å²) in [6, 6.07) is 5.41. The molecule has 3 rings (SSSR count). The Kier molecular flexibility index (Phi) is 5.55. The number of benzene rings is 1. The summed E-state index contributed by atoms with van der Waals surface area (Å²) < 4.78 is 28.8. The van der Waals surface area contributed by atoms with Crippen LogP contribution >= 0.6 is 11.6 Å². The van der Waals surface area contributed by atoms with Crippen molar-refractivity contribution in [3.63, 3.8) is 0 Å². The van der Waals surface area contributed by atoms with Gasteiger partial charge in [-0.2, -0.15) is 0 Å². The summed E-state index contributed by atoms with van der Waals surface area (Å²) in [5.74, 6) is 1.14. The van der Waals surface area contributed by atoms with Crippen LogP contribution in [0.3, 0.4) is 0 Å². The van der Waals surface area contributed by atoms with E-state index >= 15 is 0 Å². The lowest BCUT2D eigenvalue weighted by molar-refractivity contribution is -0.135. The SMILES string of the molecule is Cc1cc(Cl)ccc1OCC(=O)N1CCN([C@H]2CCS(=O)(=O)C2)CC1. The van der Waals surface area contributed by atoms with Gasteiger partial charge in [-0.15, -0.1) is 0 Å². The zero-order valence-electron chi connectivity index (χ0n) is 14.3. The van der Waals surface area contributed by atoms with Gasteiger partial charge in [-0.05, 0) is 37.1 Å². The van der Waals surface area contributed by atoms with Crippen LogP contribution in [-0.4, -0.2) is 74.5 Å². The van der Waals surface area contributed by atoms with Crippen LogP contribution in [0.4, 0.5) is 0 Å². The highest BCUT2D eigenvalue weighted by atomic mass is 35.5. The zero-order chi connectivity index (χ0) is 18.0. The summed E-state index contributed by atoms with van der Waals surface area (Å²) in [4.78, 5) is 16.3.